The molecule has 0 aromatic carbocycles. The first kappa shape index (κ1) is 13.0. The number of carbonyl (C=O) groups is 1. The quantitative estimate of drug-likeness (QED) is 0.881. The molecule has 5 heteroatoms. The van der Waals surface area contributed by atoms with Gasteiger partial charge in [-0.15, -0.1) is 11.3 Å². The highest BCUT2D eigenvalue weighted by Crippen LogP contribution is 2.22. The number of nitrogens with zero attached hydrogens (tertiary/aromatic N) is 2. The van der Waals surface area contributed by atoms with Crippen LogP contribution >= 0.6 is 11.3 Å². The fraction of sp³-hybridized carbons (Fsp3) is 0.636. The summed E-state index contributed by atoms with van der Waals surface area (Å²) in [6.07, 6.45) is 0.906. The first-order valence-corrected chi connectivity index (χ1v) is 6.46. The highest BCUT2D eigenvalue weighted by atomic mass is 32.1. The predicted molar refractivity (Wildman–Crippen MR) is 68.2 cm³/mol. The van der Waals surface area contributed by atoms with Crippen LogP contribution in [0.25, 0.3) is 0 Å². The Morgan fingerprint density at radius 3 is 2.44 bits per heavy atom. The van der Waals surface area contributed by atoms with Crippen molar-refractivity contribution in [1.82, 2.24) is 9.88 Å². The van der Waals surface area contributed by atoms with Crippen molar-refractivity contribution in [2.45, 2.75) is 34.1 Å². The van der Waals surface area contributed by atoms with Crippen LogP contribution < -0.4 is 5.32 Å². The Hall–Kier alpha value is -1.10. The number of rotatable bonds is 4. The molecule has 0 aliphatic rings. The minimum absolute atomic E-state index is 0.0681. The molecule has 0 atom stereocenters. The highest BCUT2D eigenvalue weighted by molar-refractivity contribution is 7.15. The van der Waals surface area contributed by atoms with Gasteiger partial charge in [0.05, 0.1) is 5.69 Å². The third-order valence-electron chi connectivity index (χ3n) is 2.49. The predicted octanol–water partition coefficient (Wildman–Crippen LogP) is 2.89. The molecule has 2 amide bonds. The molecule has 90 valence electrons. The Bertz CT molecular complexity index is 358. The SMILES string of the molecule is CCc1nc(NC(=O)N(CC)CC)sc1C. The summed E-state index contributed by atoms with van der Waals surface area (Å²) in [4.78, 5) is 19.1. The van der Waals surface area contributed by atoms with Gasteiger partial charge in [-0.2, -0.15) is 0 Å². The molecule has 4 nitrogen and oxygen atoms in total. The molecule has 0 aliphatic heterocycles. The molecule has 1 heterocycles. The maximum absolute atomic E-state index is 11.8. The van der Waals surface area contributed by atoms with Gasteiger partial charge in [0.2, 0.25) is 0 Å². The number of thiazole rings is 1. The summed E-state index contributed by atoms with van der Waals surface area (Å²) >= 11 is 1.54. The van der Waals surface area contributed by atoms with E-state index in [2.05, 4.69) is 17.2 Å². The zero-order valence-corrected chi connectivity index (χ0v) is 11.1. The molecule has 0 spiro atoms. The maximum atomic E-state index is 11.8. The summed E-state index contributed by atoms with van der Waals surface area (Å²) < 4.78 is 0. The van der Waals surface area contributed by atoms with E-state index in [1.54, 1.807) is 4.90 Å². The Kier molecular flexibility index (Phi) is 4.73. The van der Waals surface area contributed by atoms with E-state index in [0.29, 0.717) is 18.2 Å². The van der Waals surface area contributed by atoms with E-state index >= 15 is 0 Å². The largest absolute Gasteiger partial charge is 0.325 e. The number of nitrogens with one attached hydrogen (secondary N) is 1. The van der Waals surface area contributed by atoms with Crippen LogP contribution in [0, 0.1) is 6.92 Å². The monoisotopic (exact) mass is 241 g/mol. The summed E-state index contributed by atoms with van der Waals surface area (Å²) in [7, 11) is 0. The van der Waals surface area contributed by atoms with E-state index < -0.39 is 0 Å². The van der Waals surface area contributed by atoms with E-state index in [4.69, 9.17) is 0 Å². The van der Waals surface area contributed by atoms with Gasteiger partial charge in [0.1, 0.15) is 0 Å². The fourth-order valence-electron chi connectivity index (χ4n) is 1.49. The number of aromatic nitrogens is 1. The number of urea groups is 1. The zero-order chi connectivity index (χ0) is 12.1. The molecule has 1 aromatic rings. The first-order chi connectivity index (χ1) is 7.62. The van der Waals surface area contributed by atoms with Gasteiger partial charge in [-0.1, -0.05) is 6.92 Å². The molecule has 1 N–H and O–H groups in total. The first-order valence-electron chi connectivity index (χ1n) is 5.64. The van der Waals surface area contributed by atoms with Gasteiger partial charge in [-0.25, -0.2) is 9.78 Å². The van der Waals surface area contributed by atoms with E-state index in [-0.39, 0.29) is 6.03 Å². The Morgan fingerprint density at radius 1 is 1.38 bits per heavy atom. The lowest BCUT2D eigenvalue weighted by Gasteiger charge is -2.17. The molecule has 0 radical (unpaired) electrons. The number of amides is 2. The van der Waals surface area contributed by atoms with Crippen LogP contribution in [0.4, 0.5) is 9.93 Å². The minimum Gasteiger partial charge on any atom is -0.325 e. The van der Waals surface area contributed by atoms with E-state index in [1.165, 1.54) is 16.2 Å². The third kappa shape index (κ3) is 2.95. The van der Waals surface area contributed by atoms with Crippen molar-refractivity contribution in [3.63, 3.8) is 0 Å². The van der Waals surface area contributed by atoms with Crippen molar-refractivity contribution in [3.05, 3.63) is 10.6 Å². The second-order valence-corrected chi connectivity index (χ2v) is 4.68. The van der Waals surface area contributed by atoms with Crippen LogP contribution in [-0.4, -0.2) is 29.0 Å². The van der Waals surface area contributed by atoms with Gasteiger partial charge in [0.25, 0.3) is 0 Å². The normalized spacial score (nSPS) is 10.2. The lowest BCUT2D eigenvalue weighted by molar-refractivity contribution is 0.217. The molecule has 16 heavy (non-hydrogen) atoms. The molecule has 1 rings (SSSR count). The number of aryl methyl sites for hydroxylation is 2. The molecule has 0 saturated heterocycles. The average molecular weight is 241 g/mol. The van der Waals surface area contributed by atoms with Crippen molar-refractivity contribution in [2.75, 3.05) is 18.4 Å². The lowest BCUT2D eigenvalue weighted by Crippen LogP contribution is -2.34. The molecular weight excluding hydrogens is 222 g/mol. The van der Waals surface area contributed by atoms with E-state index in [0.717, 1.165) is 12.1 Å². The summed E-state index contributed by atoms with van der Waals surface area (Å²) in [6, 6.07) is -0.0681. The van der Waals surface area contributed by atoms with Gasteiger partial charge in [0, 0.05) is 18.0 Å². The Labute approximate surface area is 101 Å². The third-order valence-corrected chi connectivity index (χ3v) is 3.42. The second-order valence-electron chi connectivity index (χ2n) is 3.48. The number of hydrogen-bond acceptors (Lipinski definition) is 3. The Balaban J connectivity index is 2.69. The molecule has 1 aromatic heterocycles. The van der Waals surface area contributed by atoms with Crippen LogP contribution in [0.2, 0.25) is 0 Å². The van der Waals surface area contributed by atoms with Gasteiger partial charge >= 0.3 is 6.03 Å². The van der Waals surface area contributed by atoms with Gasteiger partial charge in [-0.05, 0) is 27.2 Å². The smallest absolute Gasteiger partial charge is 0.323 e. The van der Waals surface area contributed by atoms with Crippen LogP contribution in [0.1, 0.15) is 31.3 Å². The van der Waals surface area contributed by atoms with Gasteiger partial charge in [-0.3, -0.25) is 5.32 Å². The van der Waals surface area contributed by atoms with Gasteiger partial charge in [0.15, 0.2) is 5.13 Å². The van der Waals surface area contributed by atoms with E-state index in [9.17, 15) is 4.79 Å². The van der Waals surface area contributed by atoms with Crippen molar-refractivity contribution in [3.8, 4) is 0 Å². The maximum Gasteiger partial charge on any atom is 0.323 e. The molecule has 0 aliphatic carbocycles. The van der Waals surface area contributed by atoms with Crippen LogP contribution in [-0.2, 0) is 6.42 Å². The average Bonchev–Trinajstić information content (AvgIpc) is 2.60. The zero-order valence-electron chi connectivity index (χ0n) is 10.3. The summed E-state index contributed by atoms with van der Waals surface area (Å²) in [5, 5.41) is 3.53. The number of carbonyl (C=O) groups excluding carboxylic acids is 1. The van der Waals surface area contributed by atoms with Crippen LogP contribution in [0.15, 0.2) is 0 Å². The van der Waals surface area contributed by atoms with E-state index in [1.807, 2.05) is 20.8 Å². The van der Waals surface area contributed by atoms with Crippen molar-refractivity contribution in [1.29, 1.82) is 0 Å². The summed E-state index contributed by atoms with van der Waals surface area (Å²) in [6.45, 7) is 9.46. The molecule has 0 unspecified atom stereocenters. The van der Waals surface area contributed by atoms with Crippen molar-refractivity contribution in [2.24, 2.45) is 0 Å². The molecule has 0 bridgehead atoms. The van der Waals surface area contributed by atoms with Crippen LogP contribution in [0.3, 0.4) is 0 Å². The summed E-state index contributed by atoms with van der Waals surface area (Å²) in [5.74, 6) is 0. The topological polar surface area (TPSA) is 45.2 Å². The molecular formula is C11H19N3OS. The standard InChI is InChI=1S/C11H19N3OS/c1-5-9-8(4)16-10(12-9)13-11(15)14(6-2)7-3/h5-7H2,1-4H3,(H,12,13,15). The van der Waals surface area contributed by atoms with Crippen molar-refractivity contribution >= 4 is 22.5 Å². The van der Waals surface area contributed by atoms with Crippen LogP contribution in [0.5, 0.6) is 0 Å². The molecule has 0 saturated carbocycles. The lowest BCUT2D eigenvalue weighted by atomic mass is 10.3. The van der Waals surface area contributed by atoms with Gasteiger partial charge < -0.3 is 4.90 Å². The second kappa shape index (κ2) is 5.84. The highest BCUT2D eigenvalue weighted by Gasteiger charge is 2.12. The summed E-state index contributed by atoms with van der Waals surface area (Å²) in [5.41, 5.74) is 1.07. The fourth-order valence-corrected chi connectivity index (χ4v) is 2.38. The Morgan fingerprint density at radius 2 is 2.00 bits per heavy atom. The number of hydrogen-bond donors (Lipinski definition) is 1. The minimum atomic E-state index is -0.0681. The molecule has 0 fully saturated rings. The van der Waals surface area contributed by atoms with Crippen molar-refractivity contribution < 1.29 is 4.79 Å². The number of anilines is 1.